The molecule has 0 radical (unpaired) electrons. The highest BCUT2D eigenvalue weighted by Crippen LogP contribution is 2.68. The Labute approximate surface area is 189 Å². The van der Waals surface area contributed by atoms with Crippen LogP contribution in [0, 0.1) is 40.9 Å². The van der Waals surface area contributed by atoms with E-state index in [-0.39, 0.29) is 29.5 Å². The van der Waals surface area contributed by atoms with E-state index in [0.29, 0.717) is 17.8 Å². The molecule has 0 aromatic rings. The molecule has 3 saturated carbocycles. The monoisotopic (exact) mass is 444 g/mol. The van der Waals surface area contributed by atoms with Gasteiger partial charge in [0.05, 0.1) is 12.7 Å². The molecule has 4 rings (SSSR count). The van der Waals surface area contributed by atoms with E-state index in [9.17, 15) is 9.90 Å². The zero-order valence-corrected chi connectivity index (χ0v) is 21.0. The van der Waals surface area contributed by atoms with Crippen molar-refractivity contribution in [3.63, 3.8) is 0 Å². The fourth-order valence-corrected chi connectivity index (χ4v) is 9.11. The highest BCUT2D eigenvalue weighted by Gasteiger charge is 2.66. The number of carbonyl (C=O) groups is 1. The standard InChI is InChI=1S/C26H40O4Si/c1-7-26(29-18(2)28)15-12-22-21-9-8-19-16-20(30-31(4,5)6)10-14-25(19,17-27)23(21)11-13-24(22,26)3/h1,16,20-23,27H,8-15,17H2,2-6H3/t20-,21-,22-,23-,24-,25+,26-/m0/s1. The quantitative estimate of drug-likeness (QED) is 0.284. The van der Waals surface area contributed by atoms with Gasteiger partial charge in [0, 0.05) is 17.8 Å². The lowest BCUT2D eigenvalue weighted by Crippen LogP contribution is -2.57. The van der Waals surface area contributed by atoms with E-state index in [1.54, 1.807) is 0 Å². The van der Waals surface area contributed by atoms with E-state index < -0.39 is 13.9 Å². The fourth-order valence-electron chi connectivity index (χ4n) is 8.01. The zero-order valence-electron chi connectivity index (χ0n) is 20.0. The van der Waals surface area contributed by atoms with Crippen molar-refractivity contribution in [2.24, 2.45) is 28.6 Å². The SMILES string of the molecule is C#C[C@]1(OC(C)=O)CC[C@H]2[C@@H]3CCC4=C[C@@H](O[Si](C)(C)C)CC[C@]4(CO)[C@H]3CC[C@@]21C. The minimum Gasteiger partial charge on any atom is -0.445 e. The third kappa shape index (κ3) is 3.54. The Balaban J connectivity index is 1.63. The van der Waals surface area contributed by atoms with Crippen LogP contribution >= 0.6 is 0 Å². The molecule has 4 aliphatic rings. The number of aliphatic hydroxyl groups excluding tert-OH is 1. The number of esters is 1. The number of fused-ring (bicyclic) bond motifs is 5. The first-order valence-electron chi connectivity index (χ1n) is 12.2. The second kappa shape index (κ2) is 7.75. The molecule has 0 bridgehead atoms. The Morgan fingerprint density at radius 1 is 1.19 bits per heavy atom. The van der Waals surface area contributed by atoms with Crippen molar-refractivity contribution < 1.29 is 19.1 Å². The van der Waals surface area contributed by atoms with Gasteiger partial charge in [-0.3, -0.25) is 4.79 Å². The first kappa shape index (κ1) is 23.1. The van der Waals surface area contributed by atoms with E-state index in [0.717, 1.165) is 51.4 Å². The molecule has 0 amide bonds. The summed E-state index contributed by atoms with van der Waals surface area (Å²) in [6.07, 6.45) is 16.6. The Hall–Kier alpha value is -1.09. The Morgan fingerprint density at radius 2 is 1.90 bits per heavy atom. The molecule has 1 N–H and O–H groups in total. The number of terminal acetylenes is 1. The maximum absolute atomic E-state index is 11.9. The molecule has 0 aromatic carbocycles. The first-order chi connectivity index (χ1) is 14.5. The van der Waals surface area contributed by atoms with Crippen molar-refractivity contribution in [1.82, 2.24) is 0 Å². The van der Waals surface area contributed by atoms with Gasteiger partial charge in [-0.05, 0) is 88.8 Å². The van der Waals surface area contributed by atoms with Crippen LogP contribution in [0.2, 0.25) is 19.6 Å². The molecular formula is C26H40O4Si. The molecule has 0 unspecified atom stereocenters. The predicted molar refractivity (Wildman–Crippen MR) is 125 cm³/mol. The molecule has 0 aromatic heterocycles. The average molecular weight is 445 g/mol. The number of hydrogen-bond donors (Lipinski definition) is 1. The van der Waals surface area contributed by atoms with Crippen LogP contribution in [0.4, 0.5) is 0 Å². The lowest BCUT2D eigenvalue weighted by atomic mass is 9.46. The number of hydrogen-bond acceptors (Lipinski definition) is 4. The number of carbonyl (C=O) groups excluding carboxylic acids is 1. The van der Waals surface area contributed by atoms with Crippen molar-refractivity contribution >= 4 is 14.3 Å². The molecule has 0 saturated heterocycles. The zero-order chi connectivity index (χ0) is 22.7. The summed E-state index contributed by atoms with van der Waals surface area (Å²) in [5.74, 6) is 4.12. The van der Waals surface area contributed by atoms with Crippen LogP contribution in [0.5, 0.6) is 0 Å². The molecule has 5 heteroatoms. The highest BCUT2D eigenvalue weighted by molar-refractivity contribution is 6.69. The third-order valence-corrected chi connectivity index (χ3v) is 10.3. The van der Waals surface area contributed by atoms with Gasteiger partial charge in [-0.2, -0.15) is 0 Å². The molecule has 4 aliphatic carbocycles. The molecular weight excluding hydrogens is 404 g/mol. The summed E-state index contributed by atoms with van der Waals surface area (Å²) in [4.78, 5) is 11.9. The van der Waals surface area contributed by atoms with E-state index in [2.05, 4.69) is 38.6 Å². The van der Waals surface area contributed by atoms with Crippen molar-refractivity contribution in [2.45, 2.75) is 96.6 Å². The summed E-state index contributed by atoms with van der Waals surface area (Å²) >= 11 is 0. The second-order valence-corrected chi connectivity index (χ2v) is 16.2. The van der Waals surface area contributed by atoms with Crippen molar-refractivity contribution in [2.75, 3.05) is 6.61 Å². The highest BCUT2D eigenvalue weighted by atomic mass is 28.4. The topological polar surface area (TPSA) is 55.8 Å². The summed E-state index contributed by atoms with van der Waals surface area (Å²) in [5.41, 5.74) is 0.382. The third-order valence-electron chi connectivity index (χ3n) is 9.25. The van der Waals surface area contributed by atoms with Crippen LogP contribution < -0.4 is 0 Å². The van der Waals surface area contributed by atoms with Gasteiger partial charge in [0.1, 0.15) is 0 Å². The summed E-state index contributed by atoms with van der Waals surface area (Å²) < 4.78 is 12.3. The first-order valence-corrected chi connectivity index (χ1v) is 15.6. The largest absolute Gasteiger partial charge is 0.445 e. The lowest BCUT2D eigenvalue weighted by Gasteiger charge is -2.59. The maximum atomic E-state index is 11.9. The number of aliphatic hydroxyl groups is 1. The van der Waals surface area contributed by atoms with Crippen LogP contribution in [-0.4, -0.2) is 37.7 Å². The van der Waals surface area contributed by atoms with Gasteiger partial charge < -0.3 is 14.3 Å². The summed E-state index contributed by atoms with van der Waals surface area (Å²) in [5, 5.41) is 10.7. The smallest absolute Gasteiger partial charge is 0.304 e. The molecule has 172 valence electrons. The molecule has 31 heavy (non-hydrogen) atoms. The van der Waals surface area contributed by atoms with Crippen LogP contribution in [0.15, 0.2) is 11.6 Å². The Bertz CT molecular complexity index is 807. The maximum Gasteiger partial charge on any atom is 0.304 e. The predicted octanol–water partition coefficient (Wildman–Crippen LogP) is 5.08. The molecule has 3 fully saturated rings. The summed E-state index contributed by atoms with van der Waals surface area (Å²) in [7, 11) is -1.60. The van der Waals surface area contributed by atoms with Gasteiger partial charge in [-0.1, -0.05) is 24.5 Å². The van der Waals surface area contributed by atoms with E-state index in [4.69, 9.17) is 15.6 Å². The van der Waals surface area contributed by atoms with Crippen molar-refractivity contribution in [1.29, 1.82) is 0 Å². The van der Waals surface area contributed by atoms with Gasteiger partial charge >= 0.3 is 5.97 Å². The van der Waals surface area contributed by atoms with Crippen LogP contribution in [0.1, 0.15) is 65.2 Å². The van der Waals surface area contributed by atoms with Crippen LogP contribution in [0.25, 0.3) is 0 Å². The molecule has 4 nitrogen and oxygen atoms in total. The molecule has 0 spiro atoms. The molecule has 0 heterocycles. The molecule has 7 atom stereocenters. The second-order valence-electron chi connectivity index (χ2n) is 11.8. The average Bonchev–Trinajstić information content (AvgIpc) is 2.98. The van der Waals surface area contributed by atoms with E-state index in [1.165, 1.54) is 12.5 Å². The van der Waals surface area contributed by atoms with Gasteiger partial charge in [-0.15, -0.1) is 6.42 Å². The summed E-state index contributed by atoms with van der Waals surface area (Å²) in [6.45, 7) is 10.7. The van der Waals surface area contributed by atoms with Crippen LogP contribution in [-0.2, 0) is 14.0 Å². The Morgan fingerprint density at radius 3 is 2.52 bits per heavy atom. The van der Waals surface area contributed by atoms with Crippen molar-refractivity contribution in [3.8, 4) is 12.3 Å². The van der Waals surface area contributed by atoms with E-state index >= 15 is 0 Å². The van der Waals surface area contributed by atoms with Gasteiger partial charge in [0.15, 0.2) is 13.9 Å². The number of ether oxygens (including phenoxy) is 1. The number of rotatable bonds is 4. The minimum atomic E-state index is -1.60. The fraction of sp³-hybridized carbons (Fsp3) is 0.808. The van der Waals surface area contributed by atoms with Gasteiger partial charge in [0.2, 0.25) is 0 Å². The molecule has 0 aliphatic heterocycles. The van der Waals surface area contributed by atoms with Gasteiger partial charge in [0.25, 0.3) is 0 Å². The summed E-state index contributed by atoms with van der Waals surface area (Å²) in [6, 6.07) is 0. The van der Waals surface area contributed by atoms with Crippen molar-refractivity contribution in [3.05, 3.63) is 11.6 Å². The van der Waals surface area contributed by atoms with E-state index in [1.807, 2.05) is 0 Å². The minimum absolute atomic E-state index is 0.105. The van der Waals surface area contributed by atoms with Gasteiger partial charge in [-0.25, -0.2) is 0 Å². The lowest BCUT2D eigenvalue weighted by molar-refractivity contribution is -0.170. The normalized spacial score (nSPS) is 44.4. The van der Waals surface area contributed by atoms with Crippen LogP contribution in [0.3, 0.4) is 0 Å². The Kier molecular flexibility index (Phi) is 5.77.